The number of aliphatic imine (C=N–C) groups is 1. The maximum atomic E-state index is 13.0. The molecule has 1 aliphatic rings. The number of nitrogens with one attached hydrogen (secondary N) is 2. The molecule has 4 nitrogen and oxygen atoms in total. The number of ether oxygens (including phenoxy) is 1. The van der Waals surface area contributed by atoms with Crippen LogP contribution in [0.4, 0.5) is 4.39 Å². The van der Waals surface area contributed by atoms with Crippen molar-refractivity contribution in [3.8, 4) is 5.75 Å². The molecule has 0 bridgehead atoms. The molecule has 0 aromatic heterocycles. The molecule has 0 radical (unpaired) electrons. The maximum absolute atomic E-state index is 13.0. The highest BCUT2D eigenvalue weighted by molar-refractivity contribution is 5.79. The SMILES string of the molecule is CN=C(NCCOc1cccc(F)c1)NC1CCCC1. The largest absolute Gasteiger partial charge is 0.492 e. The molecule has 20 heavy (non-hydrogen) atoms. The van der Waals surface area contributed by atoms with E-state index in [1.54, 1.807) is 19.2 Å². The minimum atomic E-state index is -0.283. The van der Waals surface area contributed by atoms with Gasteiger partial charge in [0, 0.05) is 19.2 Å². The standard InChI is InChI=1S/C15H22FN3O/c1-17-15(19-13-6-2-3-7-13)18-9-10-20-14-8-4-5-12(16)11-14/h4-5,8,11,13H,2-3,6-7,9-10H2,1H3,(H2,17,18,19). The van der Waals surface area contributed by atoms with E-state index in [1.165, 1.54) is 37.8 Å². The molecule has 1 aliphatic carbocycles. The van der Waals surface area contributed by atoms with Gasteiger partial charge < -0.3 is 15.4 Å². The van der Waals surface area contributed by atoms with Gasteiger partial charge in [-0.15, -0.1) is 0 Å². The molecule has 0 heterocycles. The minimum absolute atomic E-state index is 0.283. The number of hydrogen-bond acceptors (Lipinski definition) is 2. The molecule has 2 N–H and O–H groups in total. The van der Waals surface area contributed by atoms with Gasteiger partial charge in [0.25, 0.3) is 0 Å². The maximum Gasteiger partial charge on any atom is 0.191 e. The number of hydrogen-bond donors (Lipinski definition) is 2. The minimum Gasteiger partial charge on any atom is -0.492 e. The molecule has 1 aromatic rings. The van der Waals surface area contributed by atoms with E-state index in [-0.39, 0.29) is 5.82 Å². The van der Waals surface area contributed by atoms with Crippen molar-refractivity contribution >= 4 is 5.96 Å². The van der Waals surface area contributed by atoms with Crippen LogP contribution in [0.1, 0.15) is 25.7 Å². The molecule has 1 aromatic carbocycles. The smallest absolute Gasteiger partial charge is 0.191 e. The lowest BCUT2D eigenvalue weighted by molar-refractivity contribution is 0.320. The molecule has 0 saturated heterocycles. The van der Waals surface area contributed by atoms with Gasteiger partial charge in [0.05, 0.1) is 6.54 Å². The zero-order valence-electron chi connectivity index (χ0n) is 11.9. The topological polar surface area (TPSA) is 45.7 Å². The zero-order valence-corrected chi connectivity index (χ0v) is 11.9. The molecular weight excluding hydrogens is 257 g/mol. The zero-order chi connectivity index (χ0) is 14.2. The summed E-state index contributed by atoms with van der Waals surface area (Å²) < 4.78 is 18.4. The Hall–Kier alpha value is -1.78. The van der Waals surface area contributed by atoms with Crippen molar-refractivity contribution in [2.45, 2.75) is 31.7 Å². The molecule has 0 spiro atoms. The van der Waals surface area contributed by atoms with E-state index in [9.17, 15) is 4.39 Å². The van der Waals surface area contributed by atoms with Crippen molar-refractivity contribution in [2.24, 2.45) is 4.99 Å². The van der Waals surface area contributed by atoms with Gasteiger partial charge >= 0.3 is 0 Å². The van der Waals surface area contributed by atoms with Crippen molar-refractivity contribution in [1.82, 2.24) is 10.6 Å². The first-order chi connectivity index (χ1) is 9.78. The predicted octanol–water partition coefficient (Wildman–Crippen LogP) is 2.31. The van der Waals surface area contributed by atoms with Gasteiger partial charge in [-0.1, -0.05) is 18.9 Å². The van der Waals surface area contributed by atoms with Crippen LogP contribution in [0, 0.1) is 5.82 Å². The quantitative estimate of drug-likeness (QED) is 0.494. The summed E-state index contributed by atoms with van der Waals surface area (Å²) in [4.78, 5) is 4.19. The summed E-state index contributed by atoms with van der Waals surface area (Å²) in [5.41, 5.74) is 0. The Labute approximate surface area is 119 Å². The van der Waals surface area contributed by atoms with E-state index in [0.717, 1.165) is 5.96 Å². The van der Waals surface area contributed by atoms with E-state index in [4.69, 9.17) is 4.74 Å². The Morgan fingerprint density at radius 3 is 2.90 bits per heavy atom. The van der Waals surface area contributed by atoms with Gasteiger partial charge in [0.2, 0.25) is 0 Å². The second kappa shape index (κ2) is 7.72. The molecule has 1 fully saturated rings. The number of benzene rings is 1. The number of guanidine groups is 1. The Morgan fingerprint density at radius 1 is 1.40 bits per heavy atom. The molecule has 1 saturated carbocycles. The highest BCUT2D eigenvalue weighted by Crippen LogP contribution is 2.17. The van der Waals surface area contributed by atoms with Crippen LogP contribution in [0.25, 0.3) is 0 Å². The third kappa shape index (κ3) is 4.72. The average molecular weight is 279 g/mol. The van der Waals surface area contributed by atoms with Gasteiger partial charge in [0.15, 0.2) is 5.96 Å². The summed E-state index contributed by atoms with van der Waals surface area (Å²) in [6, 6.07) is 6.70. The summed E-state index contributed by atoms with van der Waals surface area (Å²) in [7, 11) is 1.76. The van der Waals surface area contributed by atoms with Crippen LogP contribution in [0.2, 0.25) is 0 Å². The molecule has 110 valence electrons. The lowest BCUT2D eigenvalue weighted by Gasteiger charge is -2.16. The van der Waals surface area contributed by atoms with Crippen LogP contribution in [-0.4, -0.2) is 32.2 Å². The van der Waals surface area contributed by atoms with Gasteiger partial charge in [-0.05, 0) is 25.0 Å². The van der Waals surface area contributed by atoms with Crippen molar-refractivity contribution in [3.05, 3.63) is 30.1 Å². The van der Waals surface area contributed by atoms with E-state index in [2.05, 4.69) is 15.6 Å². The van der Waals surface area contributed by atoms with E-state index in [0.29, 0.717) is 24.9 Å². The Morgan fingerprint density at radius 2 is 2.20 bits per heavy atom. The third-order valence-electron chi connectivity index (χ3n) is 3.38. The summed E-state index contributed by atoms with van der Waals surface area (Å²) in [6.07, 6.45) is 5.00. The van der Waals surface area contributed by atoms with Crippen LogP contribution in [0.15, 0.2) is 29.3 Å². The predicted molar refractivity (Wildman–Crippen MR) is 78.6 cm³/mol. The molecular formula is C15H22FN3O. The van der Waals surface area contributed by atoms with E-state index in [1.807, 2.05) is 0 Å². The molecule has 5 heteroatoms. The van der Waals surface area contributed by atoms with Crippen molar-refractivity contribution in [2.75, 3.05) is 20.2 Å². The molecule has 0 aliphatic heterocycles. The fourth-order valence-corrected chi connectivity index (χ4v) is 2.35. The Balaban J connectivity index is 1.66. The van der Waals surface area contributed by atoms with Crippen molar-refractivity contribution in [1.29, 1.82) is 0 Å². The second-order valence-electron chi connectivity index (χ2n) is 4.93. The number of halogens is 1. The van der Waals surface area contributed by atoms with Gasteiger partial charge in [-0.2, -0.15) is 0 Å². The van der Waals surface area contributed by atoms with E-state index < -0.39 is 0 Å². The lowest BCUT2D eigenvalue weighted by Crippen LogP contribution is -2.43. The third-order valence-corrected chi connectivity index (χ3v) is 3.38. The van der Waals surface area contributed by atoms with Crippen LogP contribution in [0.3, 0.4) is 0 Å². The van der Waals surface area contributed by atoms with Crippen LogP contribution in [-0.2, 0) is 0 Å². The summed E-state index contributed by atoms with van der Waals surface area (Å²) in [5.74, 6) is 1.07. The first-order valence-corrected chi connectivity index (χ1v) is 7.13. The summed E-state index contributed by atoms with van der Waals surface area (Å²) >= 11 is 0. The van der Waals surface area contributed by atoms with Crippen LogP contribution < -0.4 is 15.4 Å². The van der Waals surface area contributed by atoms with Crippen LogP contribution >= 0.6 is 0 Å². The van der Waals surface area contributed by atoms with Gasteiger partial charge in [-0.25, -0.2) is 4.39 Å². The van der Waals surface area contributed by atoms with Gasteiger partial charge in [0.1, 0.15) is 18.2 Å². The monoisotopic (exact) mass is 279 g/mol. The van der Waals surface area contributed by atoms with E-state index >= 15 is 0 Å². The Kier molecular flexibility index (Phi) is 5.65. The fourth-order valence-electron chi connectivity index (χ4n) is 2.35. The summed E-state index contributed by atoms with van der Waals surface area (Å²) in [5, 5.41) is 6.60. The average Bonchev–Trinajstić information content (AvgIpc) is 2.95. The first kappa shape index (κ1) is 14.6. The normalized spacial score (nSPS) is 16.2. The van der Waals surface area contributed by atoms with Crippen molar-refractivity contribution < 1.29 is 9.13 Å². The first-order valence-electron chi connectivity index (χ1n) is 7.13. The van der Waals surface area contributed by atoms with Crippen LogP contribution in [0.5, 0.6) is 5.75 Å². The van der Waals surface area contributed by atoms with Gasteiger partial charge in [-0.3, -0.25) is 4.99 Å². The second-order valence-corrected chi connectivity index (χ2v) is 4.93. The Bertz CT molecular complexity index is 444. The number of nitrogens with zero attached hydrogens (tertiary/aromatic N) is 1. The summed E-state index contributed by atoms with van der Waals surface area (Å²) in [6.45, 7) is 1.09. The van der Waals surface area contributed by atoms with Crippen molar-refractivity contribution in [3.63, 3.8) is 0 Å². The number of rotatable bonds is 5. The highest BCUT2D eigenvalue weighted by atomic mass is 19.1. The lowest BCUT2D eigenvalue weighted by atomic mass is 10.2. The molecule has 0 atom stereocenters. The fraction of sp³-hybridized carbons (Fsp3) is 0.533. The highest BCUT2D eigenvalue weighted by Gasteiger charge is 2.15. The molecule has 0 unspecified atom stereocenters. The molecule has 0 amide bonds. The molecule has 2 rings (SSSR count).